The van der Waals surface area contributed by atoms with Gasteiger partial charge in [0, 0.05) is 0 Å². The monoisotopic (exact) mass is 510 g/mol. The third-order valence-corrected chi connectivity index (χ3v) is 6.44. The van der Waals surface area contributed by atoms with E-state index in [9.17, 15) is 13.2 Å². The van der Waals surface area contributed by atoms with Gasteiger partial charge in [-0.1, -0.05) is 50.6 Å². The van der Waals surface area contributed by atoms with Crippen molar-refractivity contribution in [3.05, 3.63) is 83.4 Å². The molecule has 190 valence electrons. The summed E-state index contributed by atoms with van der Waals surface area (Å²) >= 11 is 0. The summed E-state index contributed by atoms with van der Waals surface area (Å²) in [5.74, 6) is 0.387. The number of carbonyl (C=O) groups excluding carboxylic acids is 1. The number of nitrogens with zero attached hydrogens (tertiary/aromatic N) is 1. The first-order valence-corrected chi connectivity index (χ1v) is 12.6. The van der Waals surface area contributed by atoms with Crippen LogP contribution in [0.5, 0.6) is 17.2 Å². The molecule has 1 amide bonds. The van der Waals surface area contributed by atoms with Crippen molar-refractivity contribution in [2.45, 2.75) is 38.0 Å². The zero-order chi connectivity index (χ0) is 26.3. The second-order valence-corrected chi connectivity index (χ2v) is 10.7. The van der Waals surface area contributed by atoms with Gasteiger partial charge in [-0.25, -0.2) is 5.43 Å². The quantitative estimate of drug-likeness (QED) is 0.256. The van der Waals surface area contributed by atoms with Crippen molar-refractivity contribution >= 4 is 22.2 Å². The van der Waals surface area contributed by atoms with Crippen LogP contribution >= 0.6 is 0 Å². The summed E-state index contributed by atoms with van der Waals surface area (Å²) in [5.41, 5.74) is 5.09. The second-order valence-electron chi connectivity index (χ2n) is 9.12. The first-order chi connectivity index (χ1) is 17.0. The molecule has 9 heteroatoms. The van der Waals surface area contributed by atoms with Crippen LogP contribution in [0.15, 0.2) is 76.7 Å². The van der Waals surface area contributed by atoms with Gasteiger partial charge in [-0.05, 0) is 65.9 Å². The molecule has 0 bridgehead atoms. The molecular weight excluding hydrogens is 480 g/mol. The molecule has 0 aromatic heterocycles. The van der Waals surface area contributed by atoms with Crippen molar-refractivity contribution in [1.29, 1.82) is 0 Å². The van der Waals surface area contributed by atoms with Gasteiger partial charge in [0.15, 0.2) is 18.1 Å². The molecule has 0 heterocycles. The number of aryl methyl sites for hydroxylation is 1. The van der Waals surface area contributed by atoms with E-state index in [1.807, 2.05) is 31.2 Å². The van der Waals surface area contributed by atoms with E-state index in [-0.39, 0.29) is 28.4 Å². The molecule has 0 spiro atoms. The highest BCUT2D eigenvalue weighted by molar-refractivity contribution is 7.87. The van der Waals surface area contributed by atoms with Crippen LogP contribution in [-0.4, -0.2) is 34.3 Å². The fourth-order valence-electron chi connectivity index (χ4n) is 3.12. The predicted octanol–water partition coefficient (Wildman–Crippen LogP) is 4.60. The number of carbonyl (C=O) groups is 1. The number of hydrogen-bond acceptors (Lipinski definition) is 7. The molecule has 36 heavy (non-hydrogen) atoms. The maximum atomic E-state index is 12.6. The van der Waals surface area contributed by atoms with Crippen LogP contribution in [0.25, 0.3) is 0 Å². The highest BCUT2D eigenvalue weighted by atomic mass is 32.2. The van der Waals surface area contributed by atoms with Crippen molar-refractivity contribution in [3.8, 4) is 17.2 Å². The Bertz CT molecular complexity index is 1330. The average molecular weight is 511 g/mol. The van der Waals surface area contributed by atoms with Gasteiger partial charge < -0.3 is 13.7 Å². The Kier molecular flexibility index (Phi) is 8.37. The van der Waals surface area contributed by atoms with E-state index < -0.39 is 16.0 Å². The Morgan fingerprint density at radius 2 is 1.64 bits per heavy atom. The maximum absolute atomic E-state index is 12.6. The lowest BCUT2D eigenvalue weighted by Gasteiger charge is -2.19. The number of nitrogens with one attached hydrogen (secondary N) is 1. The van der Waals surface area contributed by atoms with Crippen LogP contribution < -0.4 is 19.1 Å². The van der Waals surface area contributed by atoms with Crippen molar-refractivity contribution < 1.29 is 26.9 Å². The molecule has 8 nitrogen and oxygen atoms in total. The van der Waals surface area contributed by atoms with Crippen molar-refractivity contribution in [3.63, 3.8) is 0 Å². The van der Waals surface area contributed by atoms with E-state index in [1.165, 1.54) is 37.1 Å². The number of rotatable bonds is 9. The lowest BCUT2D eigenvalue weighted by atomic mass is 9.87. The van der Waals surface area contributed by atoms with E-state index in [0.29, 0.717) is 11.3 Å². The molecular formula is C27H30N2O6S. The van der Waals surface area contributed by atoms with Crippen LogP contribution in [-0.2, 0) is 20.3 Å². The molecule has 0 aliphatic rings. The molecule has 0 atom stereocenters. The Hall–Kier alpha value is -3.85. The third-order valence-electron chi connectivity index (χ3n) is 5.19. The topological polar surface area (TPSA) is 103 Å². The van der Waals surface area contributed by atoms with E-state index in [2.05, 4.69) is 31.3 Å². The second kappa shape index (κ2) is 11.3. The minimum Gasteiger partial charge on any atom is -0.493 e. The minimum atomic E-state index is -4.03. The zero-order valence-corrected chi connectivity index (χ0v) is 21.8. The maximum Gasteiger partial charge on any atom is 0.339 e. The van der Waals surface area contributed by atoms with Crippen LogP contribution in [0.2, 0.25) is 0 Å². The van der Waals surface area contributed by atoms with Crippen LogP contribution in [0, 0.1) is 6.92 Å². The molecule has 0 unspecified atom stereocenters. The highest BCUT2D eigenvalue weighted by Crippen LogP contribution is 2.30. The summed E-state index contributed by atoms with van der Waals surface area (Å²) in [6.07, 6.45) is 1.40. The standard InChI is InChI=1S/C27H30N2O6S/c1-19-6-13-23(14-7-19)36(31,32)35-24-15-8-20(16-25(24)33-5)17-28-29-26(30)18-34-22-11-9-21(10-12-22)27(2,3)4/h6-17H,18H2,1-5H3,(H,29,30)/b28-17+. The number of ether oxygens (including phenoxy) is 2. The summed E-state index contributed by atoms with van der Waals surface area (Å²) in [6, 6.07) is 18.5. The largest absolute Gasteiger partial charge is 0.493 e. The Morgan fingerprint density at radius 1 is 0.972 bits per heavy atom. The number of hydrazone groups is 1. The van der Waals surface area contributed by atoms with Gasteiger partial charge in [-0.3, -0.25) is 4.79 Å². The molecule has 0 fully saturated rings. The molecule has 0 saturated heterocycles. The normalized spacial score (nSPS) is 11.8. The summed E-state index contributed by atoms with van der Waals surface area (Å²) in [6.45, 7) is 8.04. The molecule has 0 radical (unpaired) electrons. The molecule has 1 N–H and O–H groups in total. The fourth-order valence-corrected chi connectivity index (χ4v) is 4.06. The van der Waals surface area contributed by atoms with E-state index in [1.54, 1.807) is 24.3 Å². The summed E-state index contributed by atoms with van der Waals surface area (Å²) in [7, 11) is -2.63. The van der Waals surface area contributed by atoms with Gasteiger partial charge in [0.1, 0.15) is 10.6 Å². The lowest BCUT2D eigenvalue weighted by molar-refractivity contribution is -0.123. The Labute approximate surface area is 212 Å². The van der Waals surface area contributed by atoms with Crippen molar-refractivity contribution in [2.24, 2.45) is 5.10 Å². The highest BCUT2D eigenvalue weighted by Gasteiger charge is 2.19. The van der Waals surface area contributed by atoms with Gasteiger partial charge in [-0.15, -0.1) is 0 Å². The third kappa shape index (κ3) is 7.32. The summed E-state index contributed by atoms with van der Waals surface area (Å²) in [4.78, 5) is 12.1. The van der Waals surface area contributed by atoms with E-state index in [0.717, 1.165) is 5.56 Å². The SMILES string of the molecule is COc1cc(/C=N/NC(=O)COc2ccc(C(C)(C)C)cc2)ccc1OS(=O)(=O)c1ccc(C)cc1. The Balaban J connectivity index is 1.57. The number of methoxy groups -OCH3 is 1. The van der Waals surface area contributed by atoms with Gasteiger partial charge >= 0.3 is 10.1 Å². The van der Waals surface area contributed by atoms with Crippen molar-refractivity contribution in [1.82, 2.24) is 5.43 Å². The zero-order valence-electron chi connectivity index (χ0n) is 20.9. The molecule has 0 aliphatic carbocycles. The molecule has 3 aromatic rings. The van der Waals surface area contributed by atoms with E-state index >= 15 is 0 Å². The summed E-state index contributed by atoms with van der Waals surface area (Å²) in [5, 5.41) is 3.92. The average Bonchev–Trinajstić information content (AvgIpc) is 2.83. The van der Waals surface area contributed by atoms with Crippen LogP contribution in [0.1, 0.15) is 37.5 Å². The first kappa shape index (κ1) is 26.7. The molecule has 3 aromatic carbocycles. The number of benzene rings is 3. The fraction of sp³-hybridized carbons (Fsp3) is 0.259. The minimum absolute atomic E-state index is 0.0325. The van der Waals surface area contributed by atoms with Gasteiger partial charge in [0.2, 0.25) is 0 Å². The smallest absolute Gasteiger partial charge is 0.339 e. The van der Waals surface area contributed by atoms with E-state index in [4.69, 9.17) is 13.7 Å². The number of hydrogen-bond donors (Lipinski definition) is 1. The predicted molar refractivity (Wildman–Crippen MR) is 138 cm³/mol. The van der Waals surface area contributed by atoms with Gasteiger partial charge in [0.05, 0.1) is 13.3 Å². The Morgan fingerprint density at radius 3 is 2.25 bits per heavy atom. The summed E-state index contributed by atoms with van der Waals surface area (Å²) < 4.78 is 41.2. The van der Waals surface area contributed by atoms with Crippen LogP contribution in [0.4, 0.5) is 0 Å². The molecule has 0 saturated carbocycles. The van der Waals surface area contributed by atoms with Crippen molar-refractivity contribution in [2.75, 3.05) is 13.7 Å². The first-order valence-electron chi connectivity index (χ1n) is 11.2. The molecule has 0 aliphatic heterocycles. The van der Waals surface area contributed by atoms with Gasteiger partial charge in [0.25, 0.3) is 5.91 Å². The lowest BCUT2D eigenvalue weighted by Crippen LogP contribution is -2.24. The number of amides is 1. The molecule has 3 rings (SSSR count). The van der Waals surface area contributed by atoms with Crippen LogP contribution in [0.3, 0.4) is 0 Å². The van der Waals surface area contributed by atoms with Gasteiger partial charge in [-0.2, -0.15) is 13.5 Å².